The summed E-state index contributed by atoms with van der Waals surface area (Å²) in [6.45, 7) is 4.82. The van der Waals surface area contributed by atoms with Crippen molar-refractivity contribution in [3.8, 4) is 0 Å². The largest absolute Gasteiger partial charge is 0.341 e. The van der Waals surface area contributed by atoms with Crippen molar-refractivity contribution in [2.24, 2.45) is 5.92 Å². The molecule has 1 aliphatic rings. The number of amides is 1. The number of carbonyl (C=O) groups excluding carboxylic acids is 2. The highest BCUT2D eigenvalue weighted by Crippen LogP contribution is 2.28. The third-order valence-electron chi connectivity index (χ3n) is 8.58. The number of imidazole rings is 1. The average molecular weight is 600 g/mol. The molecule has 0 N–H and O–H groups in total. The van der Waals surface area contributed by atoms with Crippen molar-refractivity contribution in [1.82, 2.24) is 24.3 Å². The monoisotopic (exact) mass is 599 g/mol. The minimum Gasteiger partial charge on any atom is -0.341 e. The van der Waals surface area contributed by atoms with Crippen molar-refractivity contribution in [2.75, 3.05) is 53.9 Å². The van der Waals surface area contributed by atoms with Crippen molar-refractivity contribution >= 4 is 34.3 Å². The lowest BCUT2D eigenvalue weighted by Crippen LogP contribution is -2.39. The fraction of sp³-hybridized carbons (Fsp3) is 0.400. The Balaban J connectivity index is 1.22. The summed E-state index contributed by atoms with van der Waals surface area (Å²) in [7, 11) is 5.97. The molecule has 3 aromatic carbocycles. The predicted octanol–water partition coefficient (Wildman–Crippen LogP) is 6.09. The van der Waals surface area contributed by atoms with Gasteiger partial charge >= 0.3 is 0 Å². The van der Waals surface area contributed by atoms with Gasteiger partial charge in [-0.1, -0.05) is 54.1 Å². The molecule has 0 saturated carbocycles. The van der Waals surface area contributed by atoms with Gasteiger partial charge in [-0.3, -0.25) is 9.59 Å². The highest BCUT2D eigenvalue weighted by Gasteiger charge is 2.30. The van der Waals surface area contributed by atoms with E-state index in [1.807, 2.05) is 92.8 Å². The van der Waals surface area contributed by atoms with Gasteiger partial charge in [-0.2, -0.15) is 0 Å². The third-order valence-corrected chi connectivity index (χ3v) is 8.81. The van der Waals surface area contributed by atoms with Crippen LogP contribution in [0.2, 0.25) is 5.02 Å². The number of ketones is 1. The number of piperidine rings is 1. The first kappa shape index (κ1) is 30.9. The molecule has 1 aliphatic heterocycles. The molecule has 1 amide bonds. The molecule has 1 unspecified atom stereocenters. The molecule has 5 rings (SSSR count). The zero-order chi connectivity index (χ0) is 30.3. The van der Waals surface area contributed by atoms with Gasteiger partial charge in [-0.05, 0) is 95.0 Å². The first-order valence-electron chi connectivity index (χ1n) is 15.2. The van der Waals surface area contributed by atoms with Crippen molar-refractivity contribution in [3.63, 3.8) is 0 Å². The third kappa shape index (κ3) is 7.71. The van der Waals surface area contributed by atoms with E-state index >= 15 is 0 Å². The summed E-state index contributed by atoms with van der Waals surface area (Å²) >= 11 is 6.37. The van der Waals surface area contributed by atoms with Crippen LogP contribution >= 0.6 is 11.6 Å². The van der Waals surface area contributed by atoms with Gasteiger partial charge in [0.1, 0.15) is 0 Å². The van der Waals surface area contributed by atoms with E-state index in [2.05, 4.69) is 26.5 Å². The van der Waals surface area contributed by atoms with Gasteiger partial charge < -0.3 is 19.3 Å². The molecule has 1 atom stereocenters. The van der Waals surface area contributed by atoms with E-state index in [9.17, 15) is 9.59 Å². The first-order valence-corrected chi connectivity index (χ1v) is 15.6. The minimum absolute atomic E-state index is 0.0172. The van der Waals surface area contributed by atoms with Crippen LogP contribution in [0.1, 0.15) is 51.7 Å². The molecule has 1 aromatic heterocycles. The van der Waals surface area contributed by atoms with Gasteiger partial charge in [0.25, 0.3) is 5.91 Å². The Morgan fingerprint density at radius 1 is 0.930 bits per heavy atom. The number of fused-ring (bicyclic) bond motifs is 1. The van der Waals surface area contributed by atoms with E-state index in [1.165, 1.54) is 0 Å². The topological polar surface area (TPSA) is 61.7 Å². The van der Waals surface area contributed by atoms with Gasteiger partial charge in [0.05, 0.1) is 11.0 Å². The number of benzene rings is 3. The van der Waals surface area contributed by atoms with E-state index in [1.54, 1.807) is 0 Å². The van der Waals surface area contributed by atoms with Crippen LogP contribution in [0.25, 0.3) is 11.0 Å². The molecule has 0 radical (unpaired) electrons. The van der Waals surface area contributed by atoms with E-state index in [4.69, 9.17) is 16.6 Å². The second kappa shape index (κ2) is 14.3. The van der Waals surface area contributed by atoms with Crippen LogP contribution in [-0.4, -0.2) is 89.8 Å². The number of halogens is 1. The lowest BCUT2D eigenvalue weighted by Gasteiger charge is -2.33. The first-order chi connectivity index (χ1) is 20.8. The molecule has 7 nitrogen and oxygen atoms in total. The van der Waals surface area contributed by atoms with Crippen LogP contribution in [0.4, 0.5) is 0 Å². The predicted molar refractivity (Wildman–Crippen MR) is 174 cm³/mol. The highest BCUT2D eigenvalue weighted by molar-refractivity contribution is 6.30. The van der Waals surface area contributed by atoms with Gasteiger partial charge in [0, 0.05) is 49.1 Å². The van der Waals surface area contributed by atoms with Gasteiger partial charge in [-0.15, -0.1) is 0 Å². The van der Waals surface area contributed by atoms with Crippen LogP contribution in [0, 0.1) is 5.92 Å². The zero-order valence-electron chi connectivity index (χ0n) is 25.5. The lowest BCUT2D eigenvalue weighted by molar-refractivity contribution is 0.0779. The normalized spacial score (nSPS) is 15.2. The fourth-order valence-electron chi connectivity index (χ4n) is 6.07. The van der Waals surface area contributed by atoms with E-state index in [-0.39, 0.29) is 23.5 Å². The standard InChI is InChI=1S/C35H42ClN5O2/c1-38(2)22-23-41-32-15-8-7-14-31(32)37-34(41)33(42)26-16-19-40(20-17-26)21-18-29(28-12-9-13-30(36)24-28)25-39(3)35(43)27-10-5-4-6-11-27/h4-15,24,26,29H,16-23,25H2,1-3H3. The van der Waals surface area contributed by atoms with Crippen LogP contribution < -0.4 is 0 Å². The molecule has 1 saturated heterocycles. The Hall–Kier alpha value is -3.52. The smallest absolute Gasteiger partial charge is 0.253 e. The molecule has 0 spiro atoms. The average Bonchev–Trinajstić information content (AvgIpc) is 3.40. The molecule has 1 fully saturated rings. The van der Waals surface area contributed by atoms with Crippen LogP contribution in [0.15, 0.2) is 78.9 Å². The Bertz CT molecular complexity index is 1530. The van der Waals surface area contributed by atoms with E-state index in [0.717, 1.165) is 68.6 Å². The number of carbonyl (C=O) groups is 2. The van der Waals surface area contributed by atoms with Gasteiger partial charge in [0.2, 0.25) is 5.78 Å². The Morgan fingerprint density at radius 2 is 1.65 bits per heavy atom. The second-order valence-electron chi connectivity index (χ2n) is 12.0. The quantitative estimate of drug-likeness (QED) is 0.184. The van der Waals surface area contributed by atoms with Crippen LogP contribution in [0.5, 0.6) is 0 Å². The molecule has 43 heavy (non-hydrogen) atoms. The van der Waals surface area contributed by atoms with Crippen LogP contribution in [0.3, 0.4) is 0 Å². The molecular formula is C35H42ClN5O2. The Morgan fingerprint density at radius 3 is 2.37 bits per heavy atom. The second-order valence-corrected chi connectivity index (χ2v) is 12.4. The van der Waals surface area contributed by atoms with Crippen molar-refractivity contribution < 1.29 is 9.59 Å². The van der Waals surface area contributed by atoms with Crippen molar-refractivity contribution in [2.45, 2.75) is 31.7 Å². The van der Waals surface area contributed by atoms with Crippen molar-refractivity contribution in [1.29, 1.82) is 0 Å². The summed E-state index contributed by atoms with van der Waals surface area (Å²) in [6.07, 6.45) is 2.54. The summed E-state index contributed by atoms with van der Waals surface area (Å²) in [5, 5.41) is 0.704. The number of para-hydroxylation sites is 2. The lowest BCUT2D eigenvalue weighted by atomic mass is 9.90. The fourth-order valence-corrected chi connectivity index (χ4v) is 6.27. The number of likely N-dealkylation sites (N-methyl/N-ethyl adjacent to an activating group) is 2. The zero-order valence-corrected chi connectivity index (χ0v) is 26.2. The molecule has 226 valence electrons. The maximum Gasteiger partial charge on any atom is 0.253 e. The number of rotatable bonds is 12. The number of nitrogens with zero attached hydrogens (tertiary/aromatic N) is 5. The molecule has 0 bridgehead atoms. The number of hydrogen-bond donors (Lipinski definition) is 0. The summed E-state index contributed by atoms with van der Waals surface area (Å²) < 4.78 is 2.10. The van der Waals surface area contributed by atoms with Crippen molar-refractivity contribution in [3.05, 3.63) is 101 Å². The van der Waals surface area contributed by atoms with Gasteiger partial charge in [-0.25, -0.2) is 4.98 Å². The number of Topliss-reactive ketones (excluding diaryl/α,β-unsaturated/α-hetero) is 1. The van der Waals surface area contributed by atoms with Crippen LogP contribution in [-0.2, 0) is 6.54 Å². The molecule has 0 aliphatic carbocycles. The Labute approximate surface area is 260 Å². The summed E-state index contributed by atoms with van der Waals surface area (Å²) in [5.41, 5.74) is 3.73. The summed E-state index contributed by atoms with van der Waals surface area (Å²) in [6, 6.07) is 25.4. The van der Waals surface area contributed by atoms with E-state index < -0.39 is 0 Å². The Kier molecular flexibility index (Phi) is 10.3. The molecule has 8 heteroatoms. The number of aromatic nitrogens is 2. The highest BCUT2D eigenvalue weighted by atomic mass is 35.5. The maximum absolute atomic E-state index is 13.8. The molecular weight excluding hydrogens is 558 g/mol. The molecule has 2 heterocycles. The summed E-state index contributed by atoms with van der Waals surface area (Å²) in [4.78, 5) is 38.1. The minimum atomic E-state index is -0.0236. The number of likely N-dealkylation sites (tertiary alicyclic amines) is 1. The van der Waals surface area contributed by atoms with Gasteiger partial charge in [0.15, 0.2) is 5.82 Å². The maximum atomic E-state index is 13.8. The number of hydrogen-bond acceptors (Lipinski definition) is 5. The van der Waals surface area contributed by atoms with E-state index in [0.29, 0.717) is 23.0 Å². The summed E-state index contributed by atoms with van der Waals surface area (Å²) in [5.74, 6) is 0.890. The molecule has 4 aromatic rings. The SMILES string of the molecule is CN(C)CCn1c(C(=O)C2CCN(CCC(CN(C)C(=O)c3ccccc3)c3cccc(Cl)c3)CC2)nc2ccccc21.